The molecule has 1 aromatic heterocycles. The molecule has 1 heterocycles. The zero-order valence-corrected chi connectivity index (χ0v) is 28.2. The van der Waals surface area contributed by atoms with Crippen molar-refractivity contribution >= 4 is 23.8 Å². The number of alkyl carbamates (subject to hydrolysis) is 1. The fraction of sp³-hybridized carbons (Fsp3) is 0.694. The van der Waals surface area contributed by atoms with Crippen LogP contribution in [0.1, 0.15) is 98.6 Å². The maximum atomic E-state index is 13.1. The summed E-state index contributed by atoms with van der Waals surface area (Å²) in [4.78, 5) is 57.0. The number of imidazole rings is 1. The van der Waals surface area contributed by atoms with E-state index in [9.17, 15) is 19.2 Å². The Bertz CT molecular complexity index is 1360. The minimum atomic E-state index is -0.941. The minimum Gasteiger partial charge on any atom is -0.462 e. The molecule has 0 unspecified atom stereocenters. The fourth-order valence-corrected chi connectivity index (χ4v) is 9.12. The van der Waals surface area contributed by atoms with Crippen LogP contribution in [0.4, 0.5) is 4.79 Å². The molecule has 10 heteroatoms. The number of ketones is 1. The molecule has 0 aromatic carbocycles. The maximum Gasteiger partial charge on any atom is 0.408 e. The topological polar surface area (TPSA) is 137 Å². The normalized spacial score (nSPS) is 32.9. The zero-order valence-electron chi connectivity index (χ0n) is 28.2. The number of hydrogen-bond acceptors (Lipinski definition) is 8. The van der Waals surface area contributed by atoms with Gasteiger partial charge >= 0.3 is 18.0 Å². The summed E-state index contributed by atoms with van der Waals surface area (Å²) in [5, 5.41) is 2.64. The number of aromatic amines is 1. The number of aromatic nitrogens is 2. The Morgan fingerprint density at radius 2 is 1.91 bits per heavy atom. The van der Waals surface area contributed by atoms with Crippen LogP contribution in [0.25, 0.3) is 0 Å². The van der Waals surface area contributed by atoms with Gasteiger partial charge in [0.1, 0.15) is 24.4 Å². The number of fused-ring (bicyclic) bond motifs is 5. The third kappa shape index (κ3) is 7.26. The summed E-state index contributed by atoms with van der Waals surface area (Å²) < 4.78 is 16.8. The van der Waals surface area contributed by atoms with Gasteiger partial charge in [-0.3, -0.25) is 9.59 Å². The first-order valence-corrected chi connectivity index (χ1v) is 16.9. The first-order valence-electron chi connectivity index (χ1n) is 16.9. The Balaban J connectivity index is 1.27. The molecule has 46 heavy (non-hydrogen) atoms. The van der Waals surface area contributed by atoms with Gasteiger partial charge in [0.2, 0.25) is 0 Å². The van der Waals surface area contributed by atoms with Crippen LogP contribution in [0.15, 0.2) is 36.3 Å². The molecule has 4 aliphatic carbocycles. The monoisotopic (exact) mass is 637 g/mol. The van der Waals surface area contributed by atoms with Crippen LogP contribution in [0.2, 0.25) is 0 Å². The Hall–Kier alpha value is -3.43. The summed E-state index contributed by atoms with van der Waals surface area (Å²) in [7, 11) is 0. The van der Waals surface area contributed by atoms with E-state index >= 15 is 0 Å². The second kappa shape index (κ2) is 13.4. The number of nitrogens with zero attached hydrogens (tertiary/aromatic N) is 1. The molecule has 3 saturated carbocycles. The van der Waals surface area contributed by atoms with Crippen molar-refractivity contribution in [3.05, 3.63) is 42.0 Å². The van der Waals surface area contributed by atoms with Crippen LogP contribution in [0, 0.1) is 34.5 Å². The summed E-state index contributed by atoms with van der Waals surface area (Å²) in [6.45, 7) is 11.6. The van der Waals surface area contributed by atoms with Crippen molar-refractivity contribution in [2.24, 2.45) is 34.5 Å². The van der Waals surface area contributed by atoms with Gasteiger partial charge in [-0.15, -0.1) is 0 Å². The smallest absolute Gasteiger partial charge is 0.408 e. The fourth-order valence-electron chi connectivity index (χ4n) is 9.12. The van der Waals surface area contributed by atoms with Crippen molar-refractivity contribution in [1.29, 1.82) is 0 Å². The molecule has 2 N–H and O–H groups in total. The molecule has 1 aromatic rings. The van der Waals surface area contributed by atoms with Gasteiger partial charge in [-0.05, 0) is 101 Å². The van der Waals surface area contributed by atoms with Gasteiger partial charge in [0.15, 0.2) is 5.78 Å². The highest BCUT2D eigenvalue weighted by Gasteiger charge is 2.61. The highest BCUT2D eigenvalue weighted by molar-refractivity contribution is 5.91. The molecule has 0 saturated heterocycles. The molecular weight excluding hydrogens is 586 g/mol. The number of esters is 2. The molecule has 252 valence electrons. The number of hydrogen-bond donors (Lipinski definition) is 2. The van der Waals surface area contributed by atoms with Crippen LogP contribution in [0.5, 0.6) is 0 Å². The summed E-state index contributed by atoms with van der Waals surface area (Å²) in [5.41, 5.74) is 1.26. The number of H-pyrrole nitrogens is 1. The van der Waals surface area contributed by atoms with Gasteiger partial charge in [-0.1, -0.05) is 31.6 Å². The third-order valence-electron chi connectivity index (χ3n) is 11.2. The molecule has 4 aliphatic rings. The Morgan fingerprint density at radius 3 is 2.61 bits per heavy atom. The number of amides is 1. The molecule has 3 fully saturated rings. The summed E-state index contributed by atoms with van der Waals surface area (Å²) >= 11 is 0. The Kier molecular flexibility index (Phi) is 9.85. The van der Waals surface area contributed by atoms with Crippen molar-refractivity contribution in [3.8, 4) is 0 Å². The molecule has 0 aliphatic heterocycles. The minimum absolute atomic E-state index is 0.0278. The SMILES string of the molecule is CC(=O)O[C@H]1CC[C@H]2[C@@H]3[C@H](C/C=C/COC(=O)[C@H](Cc4cnc[nH]4)NC(=O)OC(C)(C)C)CC4=CC(=O)CC[C@]4(C)[C@H]3CC[C@]12C. The predicted molar refractivity (Wildman–Crippen MR) is 171 cm³/mol. The quantitative estimate of drug-likeness (QED) is 0.190. The van der Waals surface area contributed by atoms with E-state index in [2.05, 4.69) is 35.2 Å². The number of ether oxygens (including phenoxy) is 3. The van der Waals surface area contributed by atoms with Crippen LogP contribution in [-0.2, 0) is 35.0 Å². The zero-order chi connectivity index (χ0) is 33.3. The molecule has 1 amide bonds. The lowest BCUT2D eigenvalue weighted by molar-refractivity contribution is -0.158. The maximum absolute atomic E-state index is 13.1. The van der Waals surface area contributed by atoms with Crippen molar-refractivity contribution < 1.29 is 33.4 Å². The summed E-state index contributed by atoms with van der Waals surface area (Å²) in [5.74, 6) is 1.19. The number of nitrogens with one attached hydrogen (secondary N) is 2. The van der Waals surface area contributed by atoms with Gasteiger partial charge in [0.05, 0.1) is 6.33 Å². The van der Waals surface area contributed by atoms with Gasteiger partial charge < -0.3 is 24.5 Å². The molecule has 0 bridgehead atoms. The molecule has 8 atom stereocenters. The summed E-state index contributed by atoms with van der Waals surface area (Å²) in [6.07, 6.45) is 15.7. The number of rotatable bonds is 9. The largest absolute Gasteiger partial charge is 0.462 e. The van der Waals surface area contributed by atoms with Crippen molar-refractivity contribution in [2.45, 2.75) is 117 Å². The second-order valence-corrected chi connectivity index (χ2v) is 15.3. The van der Waals surface area contributed by atoms with E-state index in [4.69, 9.17) is 14.2 Å². The Morgan fingerprint density at radius 1 is 1.13 bits per heavy atom. The van der Waals surface area contributed by atoms with E-state index in [0.29, 0.717) is 35.8 Å². The Labute approximate surface area is 272 Å². The number of carbonyl (C=O) groups excluding carboxylic acids is 4. The van der Waals surface area contributed by atoms with E-state index in [0.717, 1.165) is 44.9 Å². The average molecular weight is 638 g/mol. The van der Waals surface area contributed by atoms with Crippen LogP contribution < -0.4 is 5.32 Å². The standard InChI is InChI=1S/C36H51N3O7/c1-22(40)45-30-11-10-27-31-23(17-24-18-26(41)12-14-35(24,5)28(31)13-15-36(27,30)6)9-7-8-16-44-32(42)29(19-25-20-37-21-38-25)39-33(43)46-34(2,3)4/h7-8,18,20-21,23,27-31H,9-17,19H2,1-6H3,(H,37,38)(H,39,43)/b8-7+/t23-,27+,28+,29+,30+,31+,35+,36+/m1/s1. The highest BCUT2D eigenvalue weighted by Crippen LogP contribution is 2.67. The van der Waals surface area contributed by atoms with Gasteiger partial charge in [0.25, 0.3) is 0 Å². The van der Waals surface area contributed by atoms with Gasteiger partial charge in [-0.2, -0.15) is 0 Å². The predicted octanol–water partition coefficient (Wildman–Crippen LogP) is 6.02. The van der Waals surface area contributed by atoms with Crippen molar-refractivity contribution in [3.63, 3.8) is 0 Å². The van der Waals surface area contributed by atoms with E-state index in [1.807, 2.05) is 12.2 Å². The number of carbonyl (C=O) groups is 4. The van der Waals surface area contributed by atoms with Crippen molar-refractivity contribution in [2.75, 3.05) is 6.61 Å². The van der Waals surface area contributed by atoms with E-state index in [1.165, 1.54) is 18.8 Å². The highest BCUT2D eigenvalue weighted by atomic mass is 16.6. The molecule has 5 rings (SSSR count). The van der Waals surface area contributed by atoms with Gasteiger partial charge in [-0.25, -0.2) is 14.6 Å². The first kappa shape index (κ1) is 33.9. The number of allylic oxidation sites excluding steroid dienone is 2. The van der Waals surface area contributed by atoms with E-state index in [1.54, 1.807) is 27.0 Å². The average Bonchev–Trinajstić information content (AvgIpc) is 3.59. The lowest BCUT2D eigenvalue weighted by atomic mass is 9.44. The first-order chi connectivity index (χ1) is 21.7. The van der Waals surface area contributed by atoms with Crippen molar-refractivity contribution in [1.82, 2.24) is 15.3 Å². The lowest BCUT2D eigenvalue weighted by Crippen LogP contribution is -2.54. The molecule has 0 radical (unpaired) electrons. The van der Waals surface area contributed by atoms with Crippen LogP contribution in [0.3, 0.4) is 0 Å². The van der Waals surface area contributed by atoms with Crippen LogP contribution in [-0.4, -0.2) is 58.1 Å². The summed E-state index contributed by atoms with van der Waals surface area (Å²) in [6, 6.07) is -0.941. The second-order valence-electron chi connectivity index (χ2n) is 15.3. The molecule has 0 spiro atoms. The lowest BCUT2D eigenvalue weighted by Gasteiger charge is -2.60. The van der Waals surface area contributed by atoms with E-state index in [-0.39, 0.29) is 41.7 Å². The third-order valence-corrected chi connectivity index (χ3v) is 11.2. The van der Waals surface area contributed by atoms with Gasteiger partial charge in [0, 0.05) is 37.1 Å². The van der Waals surface area contributed by atoms with E-state index < -0.39 is 23.7 Å². The molecular formula is C36H51N3O7. The van der Waals surface area contributed by atoms with Crippen LogP contribution >= 0.6 is 0 Å². The molecule has 10 nitrogen and oxygen atoms in total.